The van der Waals surface area contributed by atoms with Crippen LogP contribution >= 0.6 is 0 Å². The third-order valence-corrected chi connectivity index (χ3v) is 4.88. The molecule has 27 heavy (non-hydrogen) atoms. The number of hydrogen-bond acceptors (Lipinski definition) is 2. The summed E-state index contributed by atoms with van der Waals surface area (Å²) >= 11 is 0. The number of para-hydroxylation sites is 1. The minimum absolute atomic E-state index is 0.0263. The number of allylic oxidation sites excluding steroid dienone is 8. The number of carbonyl (C=O) groups excluding carboxylic acids is 1. The van der Waals surface area contributed by atoms with E-state index < -0.39 is 0 Å². The van der Waals surface area contributed by atoms with E-state index in [0.717, 1.165) is 5.69 Å². The van der Waals surface area contributed by atoms with E-state index in [-0.39, 0.29) is 18.1 Å². The molecule has 1 aromatic rings. The van der Waals surface area contributed by atoms with Crippen molar-refractivity contribution in [3.8, 4) is 0 Å². The predicted molar refractivity (Wildman–Crippen MR) is 110 cm³/mol. The molecule has 136 valence electrons. The van der Waals surface area contributed by atoms with E-state index in [0.29, 0.717) is 13.3 Å². The maximum Gasteiger partial charge on any atom is 0.327 e. The fourth-order valence-corrected chi connectivity index (χ4v) is 3.46. The average Bonchev–Trinajstić information content (AvgIpc) is 3.14. The molecule has 1 aliphatic heterocycles. The summed E-state index contributed by atoms with van der Waals surface area (Å²) in [6.07, 6.45) is 24.6. The fourth-order valence-electron chi connectivity index (χ4n) is 3.46. The number of anilines is 1. The van der Waals surface area contributed by atoms with E-state index in [9.17, 15) is 4.79 Å². The third kappa shape index (κ3) is 3.86. The molecule has 0 N–H and O–H groups in total. The normalized spacial score (nSPS) is 21.1. The lowest BCUT2D eigenvalue weighted by Gasteiger charge is -2.45. The molecular weight excluding hydrogens is 334 g/mol. The highest BCUT2D eigenvalue weighted by molar-refractivity contribution is 5.93. The van der Waals surface area contributed by atoms with Crippen LogP contribution in [-0.2, 0) is 0 Å². The Labute approximate surface area is 160 Å². The lowest BCUT2D eigenvalue weighted by molar-refractivity contribution is 0.103. The quantitative estimate of drug-likeness (QED) is 0.809. The summed E-state index contributed by atoms with van der Waals surface area (Å²) in [7, 11) is 0. The maximum atomic E-state index is 13.3. The third-order valence-electron chi connectivity index (χ3n) is 4.88. The van der Waals surface area contributed by atoms with Crippen molar-refractivity contribution < 1.29 is 4.79 Å². The Balaban J connectivity index is 1.66. The average molecular weight is 357 g/mol. The minimum Gasteiger partial charge on any atom is -0.301 e. The number of amides is 2. The van der Waals surface area contributed by atoms with Gasteiger partial charge in [-0.1, -0.05) is 91.1 Å². The van der Waals surface area contributed by atoms with E-state index in [1.54, 1.807) is 0 Å². The first-order valence-electron chi connectivity index (χ1n) is 9.23. The van der Waals surface area contributed by atoms with Crippen LogP contribution in [0.4, 0.5) is 10.5 Å². The molecule has 0 saturated carbocycles. The van der Waals surface area contributed by atoms with Gasteiger partial charge in [0.25, 0.3) is 0 Å². The van der Waals surface area contributed by atoms with Gasteiger partial charge in [-0.05, 0) is 12.1 Å². The van der Waals surface area contributed by atoms with Crippen LogP contribution in [0, 0.1) is 0 Å². The maximum absolute atomic E-state index is 13.3. The van der Waals surface area contributed by atoms with Crippen LogP contribution in [-0.4, -0.2) is 41.3 Å². The summed E-state index contributed by atoms with van der Waals surface area (Å²) in [6.45, 7) is 1.12. The number of hydrogen-bond donors (Lipinski definition) is 0. The highest BCUT2D eigenvalue weighted by Crippen LogP contribution is 2.25. The van der Waals surface area contributed by atoms with Crippen molar-refractivity contribution in [1.29, 1.82) is 0 Å². The van der Waals surface area contributed by atoms with Gasteiger partial charge in [-0.3, -0.25) is 9.80 Å². The molecule has 1 heterocycles. The zero-order valence-corrected chi connectivity index (χ0v) is 15.1. The molecule has 0 atom stereocenters. The topological polar surface area (TPSA) is 26.8 Å². The Morgan fingerprint density at radius 1 is 0.667 bits per heavy atom. The van der Waals surface area contributed by atoms with Crippen LogP contribution < -0.4 is 4.90 Å². The van der Waals surface area contributed by atoms with E-state index in [4.69, 9.17) is 0 Å². The lowest BCUT2D eigenvalue weighted by Crippen LogP contribution is -2.62. The molecule has 4 nitrogen and oxygen atoms in total. The predicted octanol–water partition coefficient (Wildman–Crippen LogP) is 4.25. The van der Waals surface area contributed by atoms with E-state index >= 15 is 0 Å². The summed E-state index contributed by atoms with van der Waals surface area (Å²) in [5.74, 6) is 0. The van der Waals surface area contributed by atoms with Gasteiger partial charge in [0.15, 0.2) is 0 Å². The number of nitrogens with zero attached hydrogens (tertiary/aromatic N) is 3. The van der Waals surface area contributed by atoms with E-state index in [2.05, 4.69) is 41.4 Å². The number of rotatable bonds is 3. The molecule has 1 aromatic carbocycles. The molecule has 4 heteroatoms. The van der Waals surface area contributed by atoms with E-state index in [1.807, 2.05) is 76.6 Å². The Morgan fingerprint density at radius 3 is 1.81 bits per heavy atom. The van der Waals surface area contributed by atoms with Crippen LogP contribution in [0.25, 0.3) is 0 Å². The highest BCUT2D eigenvalue weighted by atomic mass is 16.2. The Bertz CT molecular complexity index is 816. The zero-order valence-electron chi connectivity index (χ0n) is 15.1. The summed E-state index contributed by atoms with van der Waals surface area (Å²) in [4.78, 5) is 19.4. The summed E-state index contributed by atoms with van der Waals surface area (Å²) in [5, 5.41) is 0. The molecule has 0 bridgehead atoms. The highest BCUT2D eigenvalue weighted by Gasteiger charge is 2.35. The Kier molecular flexibility index (Phi) is 5.17. The second-order valence-electron chi connectivity index (χ2n) is 6.68. The molecule has 0 spiro atoms. The molecule has 2 amide bonds. The molecular formula is C23H23N3O. The molecule has 4 rings (SSSR count). The summed E-state index contributed by atoms with van der Waals surface area (Å²) in [6, 6.07) is 9.97. The number of urea groups is 1. The van der Waals surface area contributed by atoms with Gasteiger partial charge in [0, 0.05) is 5.69 Å². The van der Waals surface area contributed by atoms with Crippen LogP contribution in [0.1, 0.15) is 0 Å². The van der Waals surface area contributed by atoms with Crippen LogP contribution in [0.3, 0.4) is 0 Å². The summed E-state index contributed by atoms with van der Waals surface area (Å²) < 4.78 is 0. The molecule has 0 aromatic heterocycles. The van der Waals surface area contributed by atoms with Gasteiger partial charge in [0.05, 0.1) is 25.4 Å². The number of benzene rings is 1. The van der Waals surface area contributed by atoms with Gasteiger partial charge in [0.2, 0.25) is 0 Å². The zero-order chi connectivity index (χ0) is 18.5. The number of carbonyl (C=O) groups is 1. The first kappa shape index (κ1) is 17.3. The molecule has 1 fully saturated rings. The SMILES string of the molecule is O=C1N(c2ccccc2)CN(C2C=CC=CC=C2)CN1C1C=CC=CC=C1. The summed E-state index contributed by atoms with van der Waals surface area (Å²) in [5.41, 5.74) is 0.914. The van der Waals surface area contributed by atoms with Gasteiger partial charge < -0.3 is 4.90 Å². The van der Waals surface area contributed by atoms with Crippen molar-refractivity contribution in [2.45, 2.75) is 12.1 Å². The molecule has 2 aliphatic carbocycles. The van der Waals surface area contributed by atoms with Crippen LogP contribution in [0.15, 0.2) is 103 Å². The van der Waals surface area contributed by atoms with Crippen LogP contribution in [0.5, 0.6) is 0 Å². The van der Waals surface area contributed by atoms with Crippen LogP contribution in [0.2, 0.25) is 0 Å². The lowest BCUT2D eigenvalue weighted by atomic mass is 10.2. The van der Waals surface area contributed by atoms with Gasteiger partial charge >= 0.3 is 6.03 Å². The largest absolute Gasteiger partial charge is 0.327 e. The molecule has 0 unspecified atom stereocenters. The van der Waals surface area contributed by atoms with Gasteiger partial charge in [-0.25, -0.2) is 4.79 Å². The Hall–Kier alpha value is -3.11. The second kappa shape index (κ2) is 8.06. The van der Waals surface area contributed by atoms with Gasteiger partial charge in [-0.15, -0.1) is 0 Å². The van der Waals surface area contributed by atoms with Crippen molar-refractivity contribution in [3.05, 3.63) is 103 Å². The molecule has 3 aliphatic rings. The van der Waals surface area contributed by atoms with Crippen molar-refractivity contribution in [1.82, 2.24) is 9.80 Å². The standard InChI is InChI=1S/C23H23N3O/c27-23-25(21-14-8-3-4-9-15-21)18-24(20-12-6-1-2-7-13-20)19-26(23)22-16-10-5-11-17-22/h1-17,20-21H,18-19H2. The molecule has 1 saturated heterocycles. The first-order valence-corrected chi connectivity index (χ1v) is 9.23. The van der Waals surface area contributed by atoms with Gasteiger partial charge in [0.1, 0.15) is 0 Å². The second-order valence-corrected chi connectivity index (χ2v) is 6.68. The fraction of sp³-hybridized carbons (Fsp3) is 0.174. The van der Waals surface area contributed by atoms with Crippen molar-refractivity contribution in [2.75, 3.05) is 18.2 Å². The van der Waals surface area contributed by atoms with E-state index in [1.165, 1.54) is 0 Å². The van der Waals surface area contributed by atoms with Crippen molar-refractivity contribution in [2.24, 2.45) is 0 Å². The smallest absolute Gasteiger partial charge is 0.301 e. The van der Waals surface area contributed by atoms with Gasteiger partial charge in [-0.2, -0.15) is 0 Å². The first-order chi connectivity index (χ1) is 13.3. The Morgan fingerprint density at radius 2 is 1.22 bits per heavy atom. The van der Waals surface area contributed by atoms with Crippen molar-refractivity contribution >= 4 is 11.7 Å². The molecule has 0 radical (unpaired) electrons. The van der Waals surface area contributed by atoms with Crippen molar-refractivity contribution in [3.63, 3.8) is 0 Å². The monoisotopic (exact) mass is 357 g/mol. The minimum atomic E-state index is -0.0709.